The second-order valence-electron chi connectivity index (χ2n) is 5.52. The third kappa shape index (κ3) is 2.32. The molecule has 0 saturated carbocycles. The van der Waals surface area contributed by atoms with Crippen molar-refractivity contribution in [2.75, 3.05) is 30.3 Å². The summed E-state index contributed by atoms with van der Waals surface area (Å²) in [6, 6.07) is 2.04. The number of anilines is 2. The maximum atomic E-state index is 13.1. The topological polar surface area (TPSA) is 45.4 Å². The molecule has 1 aromatic heterocycles. The zero-order valence-electron chi connectivity index (χ0n) is 11.4. The molecule has 3 rings (SSSR count). The molecule has 0 amide bonds. The molecular formula is C15H19FN4. The molecule has 20 heavy (non-hydrogen) atoms. The zero-order chi connectivity index (χ0) is 14.1. The summed E-state index contributed by atoms with van der Waals surface area (Å²) in [4.78, 5) is 8.71. The predicted octanol–water partition coefficient (Wildman–Crippen LogP) is 1.48. The standard InChI is InChI=1S/C15H19FN4/c1-2-12-4-3-5-13-10-19(6-7-20(12)13)15-14(17)8-11(16)9-18-15/h1,8-9,12-13H,3-7,10,17H2. The van der Waals surface area contributed by atoms with Gasteiger partial charge in [-0.25, -0.2) is 9.37 Å². The number of fused-ring (bicyclic) bond motifs is 1. The van der Waals surface area contributed by atoms with Crippen LogP contribution >= 0.6 is 0 Å². The molecule has 2 fully saturated rings. The first-order valence-electron chi connectivity index (χ1n) is 7.07. The van der Waals surface area contributed by atoms with Crippen LogP contribution in [0.1, 0.15) is 19.3 Å². The van der Waals surface area contributed by atoms with Crippen molar-refractivity contribution >= 4 is 11.5 Å². The van der Waals surface area contributed by atoms with E-state index in [0.29, 0.717) is 17.5 Å². The van der Waals surface area contributed by atoms with Crippen LogP contribution in [-0.4, -0.2) is 41.6 Å². The minimum absolute atomic E-state index is 0.259. The molecule has 0 aromatic carbocycles. The first kappa shape index (κ1) is 13.2. The molecule has 1 aromatic rings. The van der Waals surface area contributed by atoms with Gasteiger partial charge in [0.15, 0.2) is 5.82 Å². The molecule has 5 heteroatoms. The van der Waals surface area contributed by atoms with Gasteiger partial charge in [0.05, 0.1) is 17.9 Å². The SMILES string of the molecule is C#CC1CCCC2CN(c3ncc(F)cc3N)CCN12. The van der Waals surface area contributed by atoms with E-state index in [2.05, 4.69) is 20.7 Å². The first-order valence-corrected chi connectivity index (χ1v) is 7.07. The Morgan fingerprint density at radius 1 is 1.40 bits per heavy atom. The molecule has 106 valence electrons. The Labute approximate surface area is 118 Å². The number of nitrogens with two attached hydrogens (primary N) is 1. The minimum Gasteiger partial charge on any atom is -0.396 e. The van der Waals surface area contributed by atoms with Gasteiger partial charge in [0.1, 0.15) is 5.82 Å². The Morgan fingerprint density at radius 2 is 2.25 bits per heavy atom. The van der Waals surface area contributed by atoms with E-state index in [0.717, 1.165) is 38.9 Å². The van der Waals surface area contributed by atoms with Gasteiger partial charge in [-0.05, 0) is 19.3 Å². The van der Waals surface area contributed by atoms with E-state index in [-0.39, 0.29) is 6.04 Å². The molecule has 2 aliphatic rings. The third-order valence-corrected chi connectivity index (χ3v) is 4.30. The summed E-state index contributed by atoms with van der Waals surface area (Å²) in [5.74, 6) is 3.19. The Morgan fingerprint density at radius 3 is 3.00 bits per heavy atom. The number of nitrogen functional groups attached to an aromatic ring is 1. The number of hydrogen-bond acceptors (Lipinski definition) is 4. The number of pyridine rings is 1. The highest BCUT2D eigenvalue weighted by Crippen LogP contribution is 2.29. The van der Waals surface area contributed by atoms with E-state index in [9.17, 15) is 4.39 Å². The molecule has 0 bridgehead atoms. The lowest BCUT2D eigenvalue weighted by atomic mass is 9.93. The van der Waals surface area contributed by atoms with Gasteiger partial charge in [-0.2, -0.15) is 0 Å². The lowest BCUT2D eigenvalue weighted by Gasteiger charge is -2.47. The van der Waals surface area contributed by atoms with E-state index in [1.165, 1.54) is 12.3 Å². The summed E-state index contributed by atoms with van der Waals surface area (Å²) in [6.45, 7) is 2.61. The molecule has 2 atom stereocenters. The van der Waals surface area contributed by atoms with Crippen LogP contribution in [0, 0.1) is 18.2 Å². The average Bonchev–Trinajstić information content (AvgIpc) is 2.46. The summed E-state index contributed by atoms with van der Waals surface area (Å²) in [7, 11) is 0. The summed E-state index contributed by atoms with van der Waals surface area (Å²) in [5, 5.41) is 0. The largest absolute Gasteiger partial charge is 0.396 e. The number of piperazine rings is 1. The van der Waals surface area contributed by atoms with Crippen molar-refractivity contribution in [2.24, 2.45) is 0 Å². The molecule has 4 nitrogen and oxygen atoms in total. The van der Waals surface area contributed by atoms with Gasteiger partial charge >= 0.3 is 0 Å². The van der Waals surface area contributed by atoms with Crippen LogP contribution in [0.2, 0.25) is 0 Å². The molecule has 2 N–H and O–H groups in total. The van der Waals surface area contributed by atoms with Crippen molar-refractivity contribution < 1.29 is 4.39 Å². The molecular weight excluding hydrogens is 255 g/mol. The maximum Gasteiger partial charge on any atom is 0.152 e. The minimum atomic E-state index is -0.394. The lowest BCUT2D eigenvalue weighted by molar-refractivity contribution is 0.101. The van der Waals surface area contributed by atoms with Crippen molar-refractivity contribution in [3.05, 3.63) is 18.1 Å². The predicted molar refractivity (Wildman–Crippen MR) is 77.8 cm³/mol. The Hall–Kier alpha value is -1.80. The first-order chi connectivity index (χ1) is 9.69. The number of aromatic nitrogens is 1. The third-order valence-electron chi connectivity index (χ3n) is 4.30. The van der Waals surface area contributed by atoms with Gasteiger partial charge in [-0.15, -0.1) is 6.42 Å². The second-order valence-corrected chi connectivity index (χ2v) is 5.52. The van der Waals surface area contributed by atoms with Crippen LogP contribution in [-0.2, 0) is 0 Å². The quantitative estimate of drug-likeness (QED) is 0.788. The summed E-state index contributed by atoms with van der Waals surface area (Å²) in [6.07, 6.45) is 10.2. The fourth-order valence-electron chi connectivity index (χ4n) is 3.33. The number of piperidine rings is 1. The number of terminal acetylenes is 1. The van der Waals surface area contributed by atoms with Crippen LogP contribution in [0.4, 0.5) is 15.9 Å². The molecule has 2 aliphatic heterocycles. The fourth-order valence-corrected chi connectivity index (χ4v) is 3.33. The van der Waals surface area contributed by atoms with Gasteiger partial charge in [-0.3, -0.25) is 4.90 Å². The second kappa shape index (κ2) is 5.29. The van der Waals surface area contributed by atoms with Crippen molar-refractivity contribution in [1.82, 2.24) is 9.88 Å². The summed E-state index contributed by atoms with van der Waals surface area (Å²) < 4.78 is 13.1. The van der Waals surface area contributed by atoms with E-state index in [1.54, 1.807) is 0 Å². The van der Waals surface area contributed by atoms with Crippen LogP contribution in [0.5, 0.6) is 0 Å². The van der Waals surface area contributed by atoms with Crippen LogP contribution < -0.4 is 10.6 Å². The Kier molecular flexibility index (Phi) is 3.49. The van der Waals surface area contributed by atoms with E-state index < -0.39 is 5.82 Å². The van der Waals surface area contributed by atoms with Gasteiger partial charge < -0.3 is 10.6 Å². The highest BCUT2D eigenvalue weighted by atomic mass is 19.1. The van der Waals surface area contributed by atoms with Gasteiger partial charge in [0, 0.05) is 31.7 Å². The molecule has 0 aliphatic carbocycles. The molecule has 2 unspecified atom stereocenters. The van der Waals surface area contributed by atoms with E-state index in [4.69, 9.17) is 12.2 Å². The highest BCUT2D eigenvalue weighted by molar-refractivity contribution is 5.62. The number of rotatable bonds is 1. The van der Waals surface area contributed by atoms with Crippen molar-refractivity contribution in [3.8, 4) is 12.3 Å². The number of nitrogens with zero attached hydrogens (tertiary/aromatic N) is 3. The smallest absolute Gasteiger partial charge is 0.152 e. The van der Waals surface area contributed by atoms with E-state index in [1.807, 2.05) is 0 Å². The van der Waals surface area contributed by atoms with Crippen molar-refractivity contribution in [3.63, 3.8) is 0 Å². The summed E-state index contributed by atoms with van der Waals surface area (Å²) in [5.41, 5.74) is 6.29. The van der Waals surface area contributed by atoms with Crippen LogP contribution in [0.3, 0.4) is 0 Å². The number of halogens is 1. The molecule has 0 spiro atoms. The molecule has 0 radical (unpaired) electrons. The Balaban J connectivity index is 1.77. The summed E-state index contributed by atoms with van der Waals surface area (Å²) >= 11 is 0. The van der Waals surface area contributed by atoms with Crippen LogP contribution in [0.25, 0.3) is 0 Å². The molecule has 3 heterocycles. The maximum absolute atomic E-state index is 13.1. The average molecular weight is 274 g/mol. The highest BCUT2D eigenvalue weighted by Gasteiger charge is 2.34. The normalized spacial score (nSPS) is 26.9. The van der Waals surface area contributed by atoms with Crippen molar-refractivity contribution in [1.29, 1.82) is 0 Å². The fraction of sp³-hybridized carbons (Fsp3) is 0.533. The van der Waals surface area contributed by atoms with Crippen LogP contribution in [0.15, 0.2) is 12.3 Å². The lowest BCUT2D eigenvalue weighted by Crippen LogP contribution is -2.58. The van der Waals surface area contributed by atoms with Gasteiger partial charge in [0.2, 0.25) is 0 Å². The van der Waals surface area contributed by atoms with Gasteiger partial charge in [0.25, 0.3) is 0 Å². The Bertz CT molecular complexity index is 539. The van der Waals surface area contributed by atoms with Crippen molar-refractivity contribution in [2.45, 2.75) is 31.3 Å². The molecule has 2 saturated heterocycles. The monoisotopic (exact) mass is 274 g/mol. The van der Waals surface area contributed by atoms with Gasteiger partial charge in [-0.1, -0.05) is 5.92 Å². The number of hydrogen-bond donors (Lipinski definition) is 1. The van der Waals surface area contributed by atoms with E-state index >= 15 is 0 Å². The zero-order valence-corrected chi connectivity index (χ0v) is 11.4.